The van der Waals surface area contributed by atoms with Crippen LogP contribution in [0.1, 0.15) is 25.7 Å². The summed E-state index contributed by atoms with van der Waals surface area (Å²) in [4.78, 5) is 24.2. The summed E-state index contributed by atoms with van der Waals surface area (Å²) in [5, 5.41) is 8.92. The molecule has 2 fully saturated rings. The molecule has 2 rings (SSSR count). The Labute approximate surface area is 118 Å². The lowest BCUT2D eigenvalue weighted by atomic mass is 9.90. The minimum absolute atomic E-state index is 0.0162. The molecule has 0 aliphatic carbocycles. The Kier molecular flexibility index (Phi) is 5.00. The average Bonchev–Trinajstić information content (AvgIpc) is 2.95. The van der Waals surface area contributed by atoms with Crippen molar-refractivity contribution in [2.45, 2.75) is 37.9 Å². The van der Waals surface area contributed by atoms with Gasteiger partial charge in [0, 0.05) is 13.1 Å². The summed E-state index contributed by atoms with van der Waals surface area (Å²) in [6.07, 6.45) is 3.64. The van der Waals surface area contributed by atoms with Crippen LogP contribution in [0.3, 0.4) is 0 Å². The highest BCUT2D eigenvalue weighted by molar-refractivity contribution is 5.72. The van der Waals surface area contributed by atoms with Crippen LogP contribution in [0, 0.1) is 5.92 Å². The van der Waals surface area contributed by atoms with E-state index in [4.69, 9.17) is 14.6 Å². The molecular formula is C14H21NO5. The van der Waals surface area contributed by atoms with Crippen LogP contribution >= 0.6 is 0 Å². The van der Waals surface area contributed by atoms with Crippen molar-refractivity contribution in [2.24, 2.45) is 5.92 Å². The van der Waals surface area contributed by atoms with Crippen LogP contribution in [0.4, 0.5) is 4.79 Å². The van der Waals surface area contributed by atoms with Gasteiger partial charge in [0.15, 0.2) is 6.10 Å². The van der Waals surface area contributed by atoms with Gasteiger partial charge in [0.1, 0.15) is 6.61 Å². The van der Waals surface area contributed by atoms with Gasteiger partial charge in [-0.3, -0.25) is 0 Å². The minimum Gasteiger partial charge on any atom is -0.479 e. The monoisotopic (exact) mass is 283 g/mol. The van der Waals surface area contributed by atoms with E-state index in [-0.39, 0.29) is 18.8 Å². The van der Waals surface area contributed by atoms with E-state index >= 15 is 0 Å². The number of carbonyl (C=O) groups is 2. The molecule has 2 atom stereocenters. The van der Waals surface area contributed by atoms with Crippen LogP contribution < -0.4 is 0 Å². The zero-order chi connectivity index (χ0) is 14.5. The van der Waals surface area contributed by atoms with Gasteiger partial charge in [0.2, 0.25) is 0 Å². The van der Waals surface area contributed by atoms with E-state index in [0.717, 1.165) is 19.3 Å². The molecule has 0 aromatic heterocycles. The Morgan fingerprint density at radius 3 is 2.55 bits per heavy atom. The van der Waals surface area contributed by atoms with E-state index in [2.05, 4.69) is 6.58 Å². The lowest BCUT2D eigenvalue weighted by Gasteiger charge is -2.33. The Balaban J connectivity index is 1.76. The van der Waals surface area contributed by atoms with E-state index in [0.29, 0.717) is 25.4 Å². The number of piperidine rings is 1. The molecule has 2 heterocycles. The van der Waals surface area contributed by atoms with Gasteiger partial charge < -0.3 is 19.5 Å². The zero-order valence-corrected chi connectivity index (χ0v) is 11.5. The second kappa shape index (κ2) is 6.74. The van der Waals surface area contributed by atoms with Gasteiger partial charge in [-0.2, -0.15) is 0 Å². The van der Waals surface area contributed by atoms with Crippen molar-refractivity contribution < 1.29 is 24.2 Å². The predicted octanol–water partition coefficient (Wildman–Crippen LogP) is 1.65. The second-order valence-corrected chi connectivity index (χ2v) is 5.27. The van der Waals surface area contributed by atoms with E-state index in [1.54, 1.807) is 11.0 Å². The van der Waals surface area contributed by atoms with Gasteiger partial charge in [-0.25, -0.2) is 9.59 Å². The molecule has 6 heteroatoms. The first-order chi connectivity index (χ1) is 9.61. The largest absolute Gasteiger partial charge is 0.479 e. The van der Waals surface area contributed by atoms with Gasteiger partial charge in [-0.05, 0) is 31.6 Å². The summed E-state index contributed by atoms with van der Waals surface area (Å²) in [6.45, 7) is 5.00. The third kappa shape index (κ3) is 3.50. The lowest BCUT2D eigenvalue weighted by molar-refractivity contribution is -0.150. The lowest BCUT2D eigenvalue weighted by Crippen LogP contribution is -2.41. The van der Waals surface area contributed by atoms with Gasteiger partial charge in [-0.15, -0.1) is 0 Å². The molecule has 0 bridgehead atoms. The summed E-state index contributed by atoms with van der Waals surface area (Å²) < 4.78 is 10.6. The second-order valence-electron chi connectivity index (χ2n) is 5.27. The molecule has 112 valence electrons. The first kappa shape index (κ1) is 14.8. The fourth-order valence-corrected chi connectivity index (χ4v) is 2.87. The quantitative estimate of drug-likeness (QED) is 0.794. The van der Waals surface area contributed by atoms with Crippen LogP contribution in [0.5, 0.6) is 0 Å². The molecular weight excluding hydrogens is 262 g/mol. The highest BCUT2D eigenvalue weighted by Gasteiger charge is 2.37. The van der Waals surface area contributed by atoms with Gasteiger partial charge in [0.05, 0.1) is 6.10 Å². The molecule has 2 aliphatic heterocycles. The van der Waals surface area contributed by atoms with Crippen LogP contribution in [-0.2, 0) is 14.3 Å². The summed E-state index contributed by atoms with van der Waals surface area (Å²) in [5.74, 6) is -0.541. The summed E-state index contributed by atoms with van der Waals surface area (Å²) in [5.41, 5.74) is 0. The Hall–Kier alpha value is -1.56. The van der Waals surface area contributed by atoms with Crippen molar-refractivity contribution in [3.8, 4) is 0 Å². The van der Waals surface area contributed by atoms with Crippen molar-refractivity contribution in [2.75, 3.05) is 19.7 Å². The number of carboxylic acids is 1. The SMILES string of the molecule is C=CCOC(=O)N1CCC(C2CCC(C(=O)O)O2)CC1. The normalized spacial score (nSPS) is 27.3. The number of hydrogen-bond acceptors (Lipinski definition) is 4. The topological polar surface area (TPSA) is 76.1 Å². The maximum absolute atomic E-state index is 11.7. The first-order valence-electron chi connectivity index (χ1n) is 7.02. The number of hydrogen-bond donors (Lipinski definition) is 1. The molecule has 0 aromatic rings. The van der Waals surface area contributed by atoms with Gasteiger partial charge >= 0.3 is 12.1 Å². The molecule has 0 aromatic carbocycles. The third-order valence-corrected chi connectivity index (χ3v) is 3.98. The van der Waals surface area contributed by atoms with E-state index in [1.807, 2.05) is 0 Å². The predicted molar refractivity (Wildman–Crippen MR) is 71.4 cm³/mol. The third-order valence-electron chi connectivity index (χ3n) is 3.98. The summed E-state index contributed by atoms with van der Waals surface area (Å²) in [6, 6.07) is 0. The summed E-state index contributed by atoms with van der Waals surface area (Å²) in [7, 11) is 0. The Morgan fingerprint density at radius 1 is 1.30 bits per heavy atom. The smallest absolute Gasteiger partial charge is 0.410 e. The van der Waals surface area contributed by atoms with Crippen molar-refractivity contribution in [3.63, 3.8) is 0 Å². The molecule has 2 aliphatic rings. The number of carbonyl (C=O) groups excluding carboxylic acids is 1. The molecule has 2 saturated heterocycles. The first-order valence-corrected chi connectivity index (χ1v) is 7.02. The molecule has 20 heavy (non-hydrogen) atoms. The molecule has 0 radical (unpaired) electrons. The number of amides is 1. The van der Waals surface area contributed by atoms with Crippen molar-refractivity contribution in [3.05, 3.63) is 12.7 Å². The maximum Gasteiger partial charge on any atom is 0.410 e. The number of carboxylic acid groups (broad SMARTS) is 1. The van der Waals surface area contributed by atoms with Gasteiger partial charge in [0.25, 0.3) is 0 Å². The van der Waals surface area contributed by atoms with Crippen molar-refractivity contribution in [1.82, 2.24) is 4.90 Å². The molecule has 2 unspecified atom stereocenters. The highest BCUT2D eigenvalue weighted by atomic mass is 16.6. The highest BCUT2D eigenvalue weighted by Crippen LogP contribution is 2.32. The number of ether oxygens (including phenoxy) is 2. The standard InChI is InChI=1S/C14H21NO5/c1-2-9-19-14(18)15-7-5-10(6-8-15)11-3-4-12(20-11)13(16)17/h2,10-12H,1,3-9H2,(H,16,17). The number of aliphatic carboxylic acids is 1. The molecule has 0 spiro atoms. The van der Waals surface area contributed by atoms with Crippen LogP contribution in [0.25, 0.3) is 0 Å². The van der Waals surface area contributed by atoms with E-state index in [9.17, 15) is 9.59 Å². The molecule has 1 amide bonds. The fourth-order valence-electron chi connectivity index (χ4n) is 2.87. The molecule has 6 nitrogen and oxygen atoms in total. The van der Waals surface area contributed by atoms with Crippen LogP contribution in [0.2, 0.25) is 0 Å². The number of likely N-dealkylation sites (tertiary alicyclic amines) is 1. The zero-order valence-electron chi connectivity index (χ0n) is 11.5. The van der Waals surface area contributed by atoms with Crippen molar-refractivity contribution in [1.29, 1.82) is 0 Å². The van der Waals surface area contributed by atoms with E-state index < -0.39 is 12.1 Å². The van der Waals surface area contributed by atoms with Crippen LogP contribution in [0.15, 0.2) is 12.7 Å². The van der Waals surface area contributed by atoms with Gasteiger partial charge in [-0.1, -0.05) is 12.7 Å². The fraction of sp³-hybridized carbons (Fsp3) is 0.714. The minimum atomic E-state index is -0.877. The number of rotatable bonds is 4. The molecule has 0 saturated carbocycles. The Bertz CT molecular complexity index is 376. The van der Waals surface area contributed by atoms with Crippen LogP contribution in [-0.4, -0.2) is 54.0 Å². The molecule has 1 N–H and O–H groups in total. The summed E-state index contributed by atoms with van der Waals surface area (Å²) >= 11 is 0. The number of nitrogens with zero attached hydrogens (tertiary/aromatic N) is 1. The van der Waals surface area contributed by atoms with E-state index in [1.165, 1.54) is 0 Å². The Morgan fingerprint density at radius 2 is 2.00 bits per heavy atom. The van der Waals surface area contributed by atoms with Crippen molar-refractivity contribution >= 4 is 12.1 Å². The maximum atomic E-state index is 11.7. The average molecular weight is 283 g/mol.